The molecule has 0 fully saturated rings. The molecule has 1 aromatic rings. The molecule has 0 saturated carbocycles. The Balaban J connectivity index is 2.98. The van der Waals surface area contributed by atoms with E-state index in [0.717, 1.165) is 0 Å². The number of carbonyl (C=O) groups is 1. The number of benzene rings is 1. The topological polar surface area (TPSA) is 84.3 Å². The van der Waals surface area contributed by atoms with Crippen molar-refractivity contribution in [3.05, 3.63) is 33.3 Å². The molecule has 0 aliphatic carbocycles. The van der Waals surface area contributed by atoms with Crippen molar-refractivity contribution in [3.8, 4) is 0 Å². The molecule has 0 saturated heterocycles. The molecular formula is C10H12ClN3O3. The van der Waals surface area contributed by atoms with E-state index in [9.17, 15) is 14.9 Å². The van der Waals surface area contributed by atoms with Gasteiger partial charge in [-0.2, -0.15) is 0 Å². The minimum atomic E-state index is -0.592. The van der Waals surface area contributed by atoms with Crippen LogP contribution in [0.5, 0.6) is 0 Å². The first-order valence-corrected chi connectivity index (χ1v) is 5.25. The molecule has 1 atom stereocenters. The third-order valence-corrected chi connectivity index (χ3v) is 2.48. The van der Waals surface area contributed by atoms with Gasteiger partial charge in [0.15, 0.2) is 0 Å². The van der Waals surface area contributed by atoms with E-state index in [4.69, 9.17) is 11.6 Å². The van der Waals surface area contributed by atoms with Crippen molar-refractivity contribution >= 4 is 28.9 Å². The maximum Gasteiger partial charge on any atom is 0.294 e. The average Bonchev–Trinajstić information content (AvgIpc) is 2.29. The summed E-state index contributed by atoms with van der Waals surface area (Å²) in [7, 11) is 1.63. The average molecular weight is 258 g/mol. The van der Waals surface area contributed by atoms with E-state index >= 15 is 0 Å². The molecule has 1 aromatic carbocycles. The zero-order valence-corrected chi connectivity index (χ0v) is 10.1. The van der Waals surface area contributed by atoms with E-state index in [-0.39, 0.29) is 22.3 Å². The Bertz CT molecular complexity index is 450. The first-order chi connectivity index (χ1) is 7.95. The number of nitrogens with zero attached hydrogens (tertiary/aromatic N) is 1. The zero-order chi connectivity index (χ0) is 13.0. The molecule has 0 aliphatic heterocycles. The van der Waals surface area contributed by atoms with E-state index < -0.39 is 11.0 Å². The quantitative estimate of drug-likeness (QED) is 0.636. The summed E-state index contributed by atoms with van der Waals surface area (Å²) < 4.78 is 0. The first-order valence-electron chi connectivity index (χ1n) is 4.87. The van der Waals surface area contributed by atoms with Crippen LogP contribution in [-0.2, 0) is 4.79 Å². The number of nitro groups is 1. The third kappa shape index (κ3) is 3.40. The summed E-state index contributed by atoms with van der Waals surface area (Å²) in [5.74, 6) is -0.349. The van der Waals surface area contributed by atoms with Crippen molar-refractivity contribution in [2.45, 2.75) is 13.0 Å². The van der Waals surface area contributed by atoms with Gasteiger partial charge in [-0.1, -0.05) is 11.6 Å². The molecule has 92 valence electrons. The van der Waals surface area contributed by atoms with Crippen molar-refractivity contribution in [2.24, 2.45) is 0 Å². The Morgan fingerprint density at radius 3 is 2.71 bits per heavy atom. The molecule has 1 rings (SSSR count). The lowest BCUT2D eigenvalue weighted by molar-refractivity contribution is -0.383. The van der Waals surface area contributed by atoms with Crippen molar-refractivity contribution in [3.63, 3.8) is 0 Å². The van der Waals surface area contributed by atoms with Gasteiger partial charge in [0.05, 0.1) is 11.0 Å². The van der Waals surface area contributed by atoms with E-state index in [2.05, 4.69) is 10.6 Å². The molecule has 6 nitrogen and oxygen atoms in total. The van der Waals surface area contributed by atoms with Gasteiger partial charge in [-0.3, -0.25) is 14.9 Å². The standard InChI is InChI=1S/C10H12ClN3O3/c1-6(12-2)10(15)13-8-4-3-7(11)5-9(8)14(16)17/h3-6,12H,1-2H3,(H,13,15). The summed E-state index contributed by atoms with van der Waals surface area (Å²) in [5, 5.41) is 16.2. The minimum absolute atomic E-state index is 0.131. The Morgan fingerprint density at radius 2 is 2.18 bits per heavy atom. The largest absolute Gasteiger partial charge is 0.319 e. The van der Waals surface area contributed by atoms with Gasteiger partial charge >= 0.3 is 0 Å². The van der Waals surface area contributed by atoms with Crippen molar-refractivity contribution in [1.29, 1.82) is 0 Å². The molecule has 1 unspecified atom stereocenters. The molecule has 0 heterocycles. The van der Waals surface area contributed by atoms with Crippen LogP contribution in [0.1, 0.15) is 6.92 Å². The number of amides is 1. The molecule has 1 amide bonds. The van der Waals surface area contributed by atoms with Gasteiger partial charge in [0, 0.05) is 11.1 Å². The number of hydrogen-bond donors (Lipinski definition) is 2. The predicted octanol–water partition coefficient (Wildman–Crippen LogP) is 1.79. The lowest BCUT2D eigenvalue weighted by atomic mass is 10.2. The first kappa shape index (κ1) is 13.4. The summed E-state index contributed by atoms with van der Waals surface area (Å²) in [6.45, 7) is 1.65. The van der Waals surface area contributed by atoms with E-state index in [1.54, 1.807) is 14.0 Å². The fourth-order valence-electron chi connectivity index (χ4n) is 1.13. The van der Waals surface area contributed by atoms with Crippen LogP contribution in [0.2, 0.25) is 5.02 Å². The van der Waals surface area contributed by atoms with E-state index in [1.807, 2.05) is 0 Å². The van der Waals surface area contributed by atoms with Crippen LogP contribution in [0.4, 0.5) is 11.4 Å². The number of likely N-dealkylation sites (N-methyl/N-ethyl adjacent to an activating group) is 1. The van der Waals surface area contributed by atoms with Crippen LogP contribution < -0.4 is 10.6 Å². The van der Waals surface area contributed by atoms with Crippen LogP contribution >= 0.6 is 11.6 Å². The number of anilines is 1. The van der Waals surface area contributed by atoms with Gasteiger partial charge in [0.25, 0.3) is 5.69 Å². The number of rotatable bonds is 4. The number of nitro benzene ring substituents is 1. The Hall–Kier alpha value is -1.66. The molecule has 0 aliphatic rings. The van der Waals surface area contributed by atoms with Gasteiger partial charge < -0.3 is 10.6 Å². The van der Waals surface area contributed by atoms with Crippen molar-refractivity contribution < 1.29 is 9.72 Å². The smallest absolute Gasteiger partial charge is 0.294 e. The fourth-order valence-corrected chi connectivity index (χ4v) is 1.30. The summed E-state index contributed by atoms with van der Waals surface area (Å²) in [4.78, 5) is 21.8. The summed E-state index contributed by atoms with van der Waals surface area (Å²) in [5.41, 5.74) is -0.0966. The highest BCUT2D eigenvalue weighted by Crippen LogP contribution is 2.27. The maximum absolute atomic E-state index is 11.6. The molecule has 0 aromatic heterocycles. The highest BCUT2D eigenvalue weighted by atomic mass is 35.5. The van der Waals surface area contributed by atoms with E-state index in [1.165, 1.54) is 18.2 Å². The second-order valence-electron chi connectivity index (χ2n) is 3.42. The third-order valence-electron chi connectivity index (χ3n) is 2.24. The number of nitrogens with one attached hydrogen (secondary N) is 2. The van der Waals surface area contributed by atoms with Gasteiger partial charge in [-0.25, -0.2) is 0 Å². The second kappa shape index (κ2) is 5.60. The normalized spacial score (nSPS) is 11.9. The van der Waals surface area contributed by atoms with Gasteiger partial charge in [0.1, 0.15) is 5.69 Å². The van der Waals surface area contributed by atoms with Gasteiger partial charge in [-0.15, -0.1) is 0 Å². The van der Waals surface area contributed by atoms with Crippen LogP contribution in [0, 0.1) is 10.1 Å². The molecule has 0 bridgehead atoms. The summed E-state index contributed by atoms with van der Waals surface area (Å²) in [6, 6.07) is 3.64. The predicted molar refractivity (Wildman–Crippen MR) is 65.3 cm³/mol. The second-order valence-corrected chi connectivity index (χ2v) is 3.85. The van der Waals surface area contributed by atoms with Crippen molar-refractivity contribution in [2.75, 3.05) is 12.4 Å². The van der Waals surface area contributed by atoms with Crippen LogP contribution in [0.3, 0.4) is 0 Å². The lowest BCUT2D eigenvalue weighted by Crippen LogP contribution is -2.35. The molecule has 0 radical (unpaired) electrons. The molecule has 7 heteroatoms. The Kier molecular flexibility index (Phi) is 4.42. The molecule has 2 N–H and O–H groups in total. The SMILES string of the molecule is CNC(C)C(=O)Nc1ccc(Cl)cc1[N+](=O)[O-]. The van der Waals surface area contributed by atoms with E-state index in [0.29, 0.717) is 0 Å². The summed E-state index contributed by atoms with van der Waals surface area (Å²) in [6.07, 6.45) is 0. The highest BCUT2D eigenvalue weighted by Gasteiger charge is 2.18. The molecule has 17 heavy (non-hydrogen) atoms. The lowest BCUT2D eigenvalue weighted by Gasteiger charge is -2.11. The maximum atomic E-state index is 11.6. The number of hydrogen-bond acceptors (Lipinski definition) is 4. The Morgan fingerprint density at radius 1 is 1.53 bits per heavy atom. The molecular weight excluding hydrogens is 246 g/mol. The van der Waals surface area contributed by atoms with Gasteiger partial charge in [-0.05, 0) is 26.1 Å². The fraction of sp³-hybridized carbons (Fsp3) is 0.300. The Labute approximate surface area is 103 Å². The highest BCUT2D eigenvalue weighted by molar-refractivity contribution is 6.31. The number of carbonyl (C=O) groups excluding carboxylic acids is 1. The number of halogens is 1. The van der Waals surface area contributed by atoms with Crippen molar-refractivity contribution in [1.82, 2.24) is 5.32 Å². The van der Waals surface area contributed by atoms with Crippen LogP contribution in [0.15, 0.2) is 18.2 Å². The summed E-state index contributed by atoms with van der Waals surface area (Å²) >= 11 is 5.66. The molecule has 0 spiro atoms. The minimum Gasteiger partial charge on any atom is -0.319 e. The monoisotopic (exact) mass is 257 g/mol. The zero-order valence-electron chi connectivity index (χ0n) is 9.36. The van der Waals surface area contributed by atoms with Gasteiger partial charge in [0.2, 0.25) is 5.91 Å². The van der Waals surface area contributed by atoms with Crippen LogP contribution in [0.25, 0.3) is 0 Å². The van der Waals surface area contributed by atoms with Crippen LogP contribution in [-0.4, -0.2) is 23.9 Å².